The summed E-state index contributed by atoms with van der Waals surface area (Å²) >= 11 is 1.51. The topological polar surface area (TPSA) is 34.1 Å². The van der Waals surface area contributed by atoms with Crippen molar-refractivity contribution in [3.63, 3.8) is 0 Å². The third kappa shape index (κ3) is 4.21. The van der Waals surface area contributed by atoms with Crippen molar-refractivity contribution in [2.24, 2.45) is 0 Å². The minimum absolute atomic E-state index is 0.882. The van der Waals surface area contributed by atoms with Gasteiger partial charge in [-0.3, -0.25) is 0 Å². The van der Waals surface area contributed by atoms with E-state index in [1.54, 1.807) is 0 Å². The molecule has 0 amide bonds. The Hall–Kier alpha value is 0.209. The summed E-state index contributed by atoms with van der Waals surface area (Å²) in [6, 6.07) is 0. The van der Waals surface area contributed by atoms with Crippen molar-refractivity contribution in [2.45, 2.75) is 0 Å². The van der Waals surface area contributed by atoms with Gasteiger partial charge < -0.3 is 0 Å². The molecule has 0 saturated heterocycles. The van der Waals surface area contributed by atoms with E-state index < -0.39 is 8.26 Å². The van der Waals surface area contributed by atoms with Gasteiger partial charge in [0.05, 0.1) is 0 Å². The summed E-state index contributed by atoms with van der Waals surface area (Å²) in [5.74, 6) is 0. The van der Waals surface area contributed by atoms with Crippen LogP contribution in [0.25, 0.3) is 0 Å². The first kappa shape index (κ1) is 6.21. The van der Waals surface area contributed by atoms with Crippen LogP contribution in [0.3, 0.4) is 0 Å². The van der Waals surface area contributed by atoms with Gasteiger partial charge in [-0.15, -0.1) is 0 Å². The Morgan fingerprint density at radius 3 is 1.83 bits per heavy atom. The summed E-state index contributed by atoms with van der Waals surface area (Å²) in [7, 11) is -2.96. The first-order valence-corrected chi connectivity index (χ1v) is 4.96. The molecule has 0 atom stereocenters. The monoisotopic (exact) mass is 172 g/mol. The Morgan fingerprint density at radius 1 is 1.67 bits per heavy atom. The van der Waals surface area contributed by atoms with Crippen LogP contribution in [0.1, 0.15) is 0 Å². The summed E-state index contributed by atoms with van der Waals surface area (Å²) in [4.78, 5) is 0. The average molecular weight is 171 g/mol. The van der Waals surface area contributed by atoms with Crippen LogP contribution in [0.4, 0.5) is 0 Å². The molecule has 0 radical (unpaired) electrons. The molecule has 6 heavy (non-hydrogen) atoms. The summed E-state index contributed by atoms with van der Waals surface area (Å²) < 4.78 is 19.7. The van der Waals surface area contributed by atoms with Crippen LogP contribution in [0.5, 0.6) is 0 Å². The van der Waals surface area contributed by atoms with Crippen LogP contribution < -0.4 is 0 Å². The zero-order valence-corrected chi connectivity index (χ0v) is 5.65. The van der Waals surface area contributed by atoms with Gasteiger partial charge in [-0.2, -0.15) is 0 Å². The number of hydrogen-bond donors (Lipinski definition) is 0. The van der Waals surface area contributed by atoms with Gasteiger partial charge in [-0.1, -0.05) is 0 Å². The van der Waals surface area contributed by atoms with Gasteiger partial charge in [0.15, 0.2) is 0 Å². The van der Waals surface area contributed by atoms with Crippen molar-refractivity contribution in [3.05, 3.63) is 12.0 Å². The Bertz CT molecular complexity index is 122. The van der Waals surface area contributed by atoms with Crippen molar-refractivity contribution in [3.8, 4) is 0 Å². The fraction of sp³-hybridized carbons (Fsp3) is 0. The molecule has 0 bridgehead atoms. The van der Waals surface area contributed by atoms with E-state index in [9.17, 15) is 8.42 Å². The van der Waals surface area contributed by atoms with Crippen LogP contribution in [0, 0.1) is 0 Å². The van der Waals surface area contributed by atoms with Crippen molar-refractivity contribution in [1.82, 2.24) is 0 Å². The zero-order valence-electron chi connectivity index (χ0n) is 2.96. The van der Waals surface area contributed by atoms with Gasteiger partial charge in [0, 0.05) is 0 Å². The normalized spacial score (nSPS) is 10.8. The Morgan fingerprint density at radius 2 is 1.83 bits per heavy atom. The van der Waals surface area contributed by atoms with E-state index in [0.29, 0.717) is 0 Å². The van der Waals surface area contributed by atoms with Gasteiger partial charge >= 0.3 is 43.6 Å². The van der Waals surface area contributed by atoms with Gasteiger partial charge in [0.2, 0.25) is 0 Å². The Labute approximate surface area is 44.0 Å². The second kappa shape index (κ2) is 1.78. The molecule has 0 fully saturated rings. The van der Waals surface area contributed by atoms with E-state index in [0.717, 1.165) is 5.41 Å². The molecule has 2 nitrogen and oxygen atoms in total. The van der Waals surface area contributed by atoms with Crippen LogP contribution in [0.15, 0.2) is 12.0 Å². The maximum absolute atomic E-state index is 9.85. The molecule has 0 spiro atoms. The van der Waals surface area contributed by atoms with E-state index in [-0.39, 0.29) is 0 Å². The first-order valence-electron chi connectivity index (χ1n) is 1.16. The zero-order chi connectivity index (χ0) is 5.21. The van der Waals surface area contributed by atoms with E-state index in [1.165, 1.54) is 14.9 Å². The second-order valence-electron chi connectivity index (χ2n) is 0.682. The molecule has 4 heteroatoms. The summed E-state index contributed by atoms with van der Waals surface area (Å²) in [5.41, 5.74) is 0. The Kier molecular flexibility index (Phi) is 1.84. The molecule has 0 unspecified atom stereocenters. The van der Waals surface area contributed by atoms with Crippen molar-refractivity contribution in [2.75, 3.05) is 0 Å². The van der Waals surface area contributed by atoms with Crippen LogP contribution in [-0.4, -0.2) is 23.3 Å². The fourth-order valence-corrected chi connectivity index (χ4v) is 0. The number of hydrogen-bond acceptors (Lipinski definition) is 2. The standard InChI is InChI=1S/C2H4O2SSe/c1-2-5(3,4)6/h2H,1H2,(H,3,4,6). The van der Waals surface area contributed by atoms with Crippen LogP contribution in [0.2, 0.25) is 0 Å². The number of rotatable bonds is 1. The van der Waals surface area contributed by atoms with Gasteiger partial charge in [-0.05, 0) is 0 Å². The molecule has 36 valence electrons. The fourth-order valence-electron chi connectivity index (χ4n) is 0. The molecule has 0 aliphatic heterocycles. The van der Waals surface area contributed by atoms with E-state index in [1.807, 2.05) is 0 Å². The van der Waals surface area contributed by atoms with Gasteiger partial charge in [-0.25, -0.2) is 0 Å². The molecule has 0 N–H and O–H groups in total. The third-order valence-corrected chi connectivity index (χ3v) is 1.57. The first-order chi connectivity index (χ1) is 2.56. The molecule has 0 aromatic rings. The molecule has 0 heterocycles. The SMILES string of the molecule is C=CS(=O)(=O)[SeH]. The van der Waals surface area contributed by atoms with Crippen molar-refractivity contribution < 1.29 is 8.42 Å². The van der Waals surface area contributed by atoms with Crippen LogP contribution >= 0.6 is 0 Å². The van der Waals surface area contributed by atoms with Gasteiger partial charge in [0.1, 0.15) is 0 Å². The average Bonchev–Trinajstić information content (AvgIpc) is 1.35. The molecule has 0 rings (SSSR count). The van der Waals surface area contributed by atoms with Crippen molar-refractivity contribution in [1.29, 1.82) is 0 Å². The van der Waals surface area contributed by atoms with E-state index in [2.05, 4.69) is 6.58 Å². The molecular formula is C2H4O2SSe. The molecule has 0 saturated carbocycles. The quantitative estimate of drug-likeness (QED) is 0.492. The summed E-state index contributed by atoms with van der Waals surface area (Å²) in [5, 5.41) is 0.882. The Balaban J connectivity index is 4.25. The molecule has 0 aromatic heterocycles. The predicted octanol–water partition coefficient (Wildman–Crippen LogP) is -0.639. The predicted molar refractivity (Wildman–Crippen MR) is 26.3 cm³/mol. The summed E-state index contributed by atoms with van der Waals surface area (Å²) in [6.07, 6.45) is 0. The van der Waals surface area contributed by atoms with E-state index in [4.69, 9.17) is 0 Å². The van der Waals surface area contributed by atoms with E-state index >= 15 is 0 Å². The minimum atomic E-state index is -2.96. The molecule has 0 aromatic carbocycles. The third-order valence-electron chi connectivity index (χ3n) is 0.211. The van der Waals surface area contributed by atoms with Gasteiger partial charge in [0.25, 0.3) is 0 Å². The molecular weight excluding hydrogens is 167 g/mol. The molecule has 0 aliphatic rings. The van der Waals surface area contributed by atoms with Crippen molar-refractivity contribution >= 4 is 23.1 Å². The second-order valence-corrected chi connectivity index (χ2v) is 5.25. The summed E-state index contributed by atoms with van der Waals surface area (Å²) in [6.45, 7) is 3.03. The van der Waals surface area contributed by atoms with Crippen LogP contribution in [-0.2, 0) is 8.26 Å². The molecule has 0 aliphatic carbocycles. The maximum atomic E-state index is 9.85.